The van der Waals surface area contributed by atoms with Gasteiger partial charge in [-0.1, -0.05) is 0 Å². The predicted octanol–water partition coefficient (Wildman–Crippen LogP) is 2.32. The zero-order valence-electron chi connectivity index (χ0n) is 12.7. The van der Waals surface area contributed by atoms with Crippen LogP contribution >= 0.6 is 11.8 Å². The van der Waals surface area contributed by atoms with Crippen molar-refractivity contribution >= 4 is 29.3 Å². The van der Waals surface area contributed by atoms with Crippen molar-refractivity contribution in [2.45, 2.75) is 23.6 Å². The van der Waals surface area contributed by atoms with Crippen LogP contribution in [-0.4, -0.2) is 23.7 Å². The number of rotatable bonds is 5. The van der Waals surface area contributed by atoms with Gasteiger partial charge in [-0.2, -0.15) is 0 Å². The summed E-state index contributed by atoms with van der Waals surface area (Å²) in [5, 5.41) is 0.472. The number of hydrogen-bond donors (Lipinski definition) is 0. The third-order valence-electron chi connectivity index (χ3n) is 3.46. The number of pyridine rings is 1. The second kappa shape index (κ2) is 6.83. The molecule has 1 saturated heterocycles. The van der Waals surface area contributed by atoms with Crippen molar-refractivity contribution in [3.05, 3.63) is 48.7 Å². The number of hydrogen-bond acceptors (Lipinski definition) is 4. The maximum atomic E-state index is 12.6. The summed E-state index contributed by atoms with van der Waals surface area (Å²) in [5.74, 6) is 0.370. The Morgan fingerprint density at radius 1 is 1.22 bits per heavy atom. The molecular formula is C17H17N2O3S+. The average molecular weight is 329 g/mol. The molecule has 6 heteroatoms. The number of anilines is 1. The Labute approximate surface area is 138 Å². The van der Waals surface area contributed by atoms with Crippen LogP contribution in [0, 0.1) is 0 Å². The van der Waals surface area contributed by atoms with Gasteiger partial charge in [0.25, 0.3) is 0 Å². The molecular weight excluding hydrogens is 312 g/mol. The van der Waals surface area contributed by atoms with Crippen molar-refractivity contribution in [1.82, 2.24) is 0 Å². The minimum absolute atomic E-state index is 0.174. The van der Waals surface area contributed by atoms with E-state index < -0.39 is 5.25 Å². The molecule has 1 aromatic carbocycles. The minimum atomic E-state index is -0.396. The fourth-order valence-electron chi connectivity index (χ4n) is 2.43. The highest BCUT2D eigenvalue weighted by Gasteiger charge is 2.41. The predicted molar refractivity (Wildman–Crippen MR) is 87.4 cm³/mol. The van der Waals surface area contributed by atoms with E-state index in [2.05, 4.69) is 4.98 Å². The number of benzene rings is 1. The molecule has 0 radical (unpaired) electrons. The number of aromatic amines is 1. The van der Waals surface area contributed by atoms with E-state index in [0.717, 1.165) is 10.8 Å². The molecule has 1 atom stereocenters. The van der Waals surface area contributed by atoms with Gasteiger partial charge in [-0.05, 0) is 49.0 Å². The molecule has 118 valence electrons. The molecule has 2 amide bonds. The van der Waals surface area contributed by atoms with Gasteiger partial charge in [-0.25, -0.2) is 9.88 Å². The number of carbonyl (C=O) groups is 2. The summed E-state index contributed by atoms with van der Waals surface area (Å²) in [4.78, 5) is 29.1. The van der Waals surface area contributed by atoms with Gasteiger partial charge in [0, 0.05) is 18.6 Å². The normalized spacial score (nSPS) is 17.6. The molecule has 0 saturated carbocycles. The Kier molecular flexibility index (Phi) is 4.62. The van der Waals surface area contributed by atoms with Crippen LogP contribution in [0.25, 0.3) is 0 Å². The fraction of sp³-hybridized carbons (Fsp3) is 0.235. The monoisotopic (exact) mass is 329 g/mol. The van der Waals surface area contributed by atoms with E-state index in [9.17, 15) is 9.59 Å². The summed E-state index contributed by atoms with van der Waals surface area (Å²) in [5.41, 5.74) is 0.587. The highest BCUT2D eigenvalue weighted by Crippen LogP contribution is 2.32. The molecule has 1 aliphatic heterocycles. The zero-order valence-corrected chi connectivity index (χ0v) is 13.5. The Bertz CT molecular complexity index is 704. The summed E-state index contributed by atoms with van der Waals surface area (Å²) >= 11 is 1.38. The van der Waals surface area contributed by atoms with Crippen LogP contribution < -0.4 is 14.6 Å². The SMILES string of the molecule is CCOc1ccc(N2C(=O)CC(Sc3cccc[nH+]3)C2=O)cc1. The highest BCUT2D eigenvalue weighted by molar-refractivity contribution is 8.00. The maximum Gasteiger partial charge on any atom is 0.248 e. The smallest absolute Gasteiger partial charge is 0.248 e. The Morgan fingerprint density at radius 3 is 2.65 bits per heavy atom. The molecule has 1 aromatic heterocycles. The molecule has 1 fully saturated rings. The summed E-state index contributed by atoms with van der Waals surface area (Å²) in [6.07, 6.45) is 2.01. The summed E-state index contributed by atoms with van der Waals surface area (Å²) in [7, 11) is 0. The highest BCUT2D eigenvalue weighted by atomic mass is 32.2. The number of amides is 2. The van der Waals surface area contributed by atoms with Gasteiger partial charge in [-0.3, -0.25) is 9.59 Å². The lowest BCUT2D eigenvalue weighted by Crippen LogP contribution is -2.31. The molecule has 0 aliphatic carbocycles. The quantitative estimate of drug-likeness (QED) is 0.790. The second-order valence-corrected chi connectivity index (χ2v) is 6.28. The van der Waals surface area contributed by atoms with Gasteiger partial charge in [0.05, 0.1) is 12.3 Å². The summed E-state index contributed by atoms with van der Waals surface area (Å²) in [6.45, 7) is 2.48. The minimum Gasteiger partial charge on any atom is -0.494 e. The van der Waals surface area contributed by atoms with Gasteiger partial charge < -0.3 is 4.74 Å². The first-order chi connectivity index (χ1) is 11.2. The standard InChI is InChI=1S/C17H16N2O3S/c1-2-22-13-8-6-12(7-9-13)19-16(20)11-14(17(19)21)23-15-5-3-4-10-18-15/h3-10,14H,2,11H2,1H3/p+1. The first-order valence-electron chi connectivity index (χ1n) is 7.42. The number of nitrogens with one attached hydrogen (secondary N) is 1. The molecule has 5 nitrogen and oxygen atoms in total. The van der Waals surface area contributed by atoms with Crippen LogP contribution in [0.15, 0.2) is 53.7 Å². The largest absolute Gasteiger partial charge is 0.494 e. The molecule has 0 bridgehead atoms. The molecule has 23 heavy (non-hydrogen) atoms. The Morgan fingerprint density at radius 2 is 2.00 bits per heavy atom. The summed E-state index contributed by atoms with van der Waals surface area (Å²) < 4.78 is 5.38. The second-order valence-electron chi connectivity index (χ2n) is 5.03. The third-order valence-corrected chi connectivity index (χ3v) is 4.62. The van der Waals surface area contributed by atoms with Crippen LogP contribution in [0.4, 0.5) is 5.69 Å². The van der Waals surface area contributed by atoms with Crippen molar-refractivity contribution < 1.29 is 19.3 Å². The van der Waals surface area contributed by atoms with Gasteiger partial charge in [0.1, 0.15) is 11.0 Å². The fourth-order valence-corrected chi connectivity index (χ4v) is 3.46. The van der Waals surface area contributed by atoms with Gasteiger partial charge in [-0.15, -0.1) is 0 Å². The number of aromatic nitrogens is 1. The number of imide groups is 1. The number of H-pyrrole nitrogens is 1. The van der Waals surface area contributed by atoms with Crippen LogP contribution in [-0.2, 0) is 9.59 Å². The molecule has 1 N–H and O–H groups in total. The van der Waals surface area contributed by atoms with Crippen molar-refractivity contribution in [3.8, 4) is 5.75 Å². The number of thioether (sulfide) groups is 1. The maximum absolute atomic E-state index is 12.6. The molecule has 2 heterocycles. The molecule has 1 unspecified atom stereocenters. The van der Waals surface area contributed by atoms with E-state index in [1.807, 2.05) is 25.1 Å². The van der Waals surface area contributed by atoms with E-state index in [1.54, 1.807) is 30.5 Å². The Hall–Kier alpha value is -2.34. The van der Waals surface area contributed by atoms with E-state index in [-0.39, 0.29) is 18.2 Å². The number of nitrogens with zero attached hydrogens (tertiary/aromatic N) is 1. The van der Waals surface area contributed by atoms with Gasteiger partial charge >= 0.3 is 0 Å². The van der Waals surface area contributed by atoms with Crippen molar-refractivity contribution in [2.75, 3.05) is 11.5 Å². The lowest BCUT2D eigenvalue weighted by atomic mass is 10.3. The van der Waals surface area contributed by atoms with Crippen LogP contribution in [0.3, 0.4) is 0 Å². The lowest BCUT2D eigenvalue weighted by Gasteiger charge is -2.15. The molecule has 3 rings (SSSR count). The average Bonchev–Trinajstić information content (AvgIpc) is 2.84. The molecule has 1 aliphatic rings. The lowest BCUT2D eigenvalue weighted by molar-refractivity contribution is -0.426. The van der Waals surface area contributed by atoms with Crippen molar-refractivity contribution in [2.24, 2.45) is 0 Å². The van der Waals surface area contributed by atoms with E-state index in [4.69, 9.17) is 4.74 Å². The number of carbonyl (C=O) groups excluding carboxylic acids is 2. The van der Waals surface area contributed by atoms with Crippen LogP contribution in [0.1, 0.15) is 13.3 Å². The number of ether oxygens (including phenoxy) is 1. The Balaban J connectivity index is 1.76. The van der Waals surface area contributed by atoms with Crippen molar-refractivity contribution in [1.29, 1.82) is 0 Å². The van der Waals surface area contributed by atoms with Crippen LogP contribution in [0.2, 0.25) is 0 Å². The third kappa shape index (κ3) is 3.37. The van der Waals surface area contributed by atoms with E-state index in [1.165, 1.54) is 16.7 Å². The first-order valence-corrected chi connectivity index (χ1v) is 8.30. The van der Waals surface area contributed by atoms with E-state index >= 15 is 0 Å². The first kappa shape index (κ1) is 15.6. The topological polar surface area (TPSA) is 60.8 Å². The summed E-state index contributed by atoms with van der Waals surface area (Å²) in [6, 6.07) is 12.7. The van der Waals surface area contributed by atoms with Gasteiger partial charge in [0.15, 0.2) is 6.20 Å². The zero-order chi connectivity index (χ0) is 16.2. The molecule has 0 spiro atoms. The molecule has 2 aromatic rings. The van der Waals surface area contributed by atoms with E-state index in [0.29, 0.717) is 12.3 Å². The van der Waals surface area contributed by atoms with Crippen molar-refractivity contribution in [3.63, 3.8) is 0 Å². The van der Waals surface area contributed by atoms with Gasteiger partial charge in [0.2, 0.25) is 16.8 Å². The van der Waals surface area contributed by atoms with Crippen LogP contribution in [0.5, 0.6) is 5.75 Å².